The third-order valence-electron chi connectivity index (χ3n) is 2.51. The number of benzene rings is 1. The van der Waals surface area contributed by atoms with Gasteiger partial charge in [0.2, 0.25) is 0 Å². The van der Waals surface area contributed by atoms with Gasteiger partial charge >= 0.3 is 6.03 Å². The molecule has 0 saturated carbocycles. The van der Waals surface area contributed by atoms with Gasteiger partial charge in [-0.15, -0.1) is 0 Å². The first-order chi connectivity index (χ1) is 9.43. The number of carbonyl (C=O) groups is 2. The number of primary amides is 1. The number of imide groups is 1. The van der Waals surface area contributed by atoms with Crippen LogP contribution in [0.4, 0.5) is 9.18 Å². The number of nitrogens with two attached hydrogens (primary N) is 1. The van der Waals surface area contributed by atoms with Gasteiger partial charge in [0, 0.05) is 12.1 Å². The Morgan fingerprint density at radius 1 is 1.45 bits per heavy atom. The van der Waals surface area contributed by atoms with E-state index in [0.717, 1.165) is 0 Å². The Morgan fingerprint density at radius 3 is 2.75 bits per heavy atom. The van der Waals surface area contributed by atoms with Crippen molar-refractivity contribution < 1.29 is 18.7 Å². The van der Waals surface area contributed by atoms with Gasteiger partial charge in [0.25, 0.3) is 5.91 Å². The molecule has 6 nitrogen and oxygen atoms in total. The van der Waals surface area contributed by atoms with E-state index >= 15 is 0 Å². The van der Waals surface area contributed by atoms with Gasteiger partial charge < -0.3 is 15.8 Å². The fourth-order valence-electron chi connectivity index (χ4n) is 1.53. The molecule has 1 atom stereocenters. The van der Waals surface area contributed by atoms with Crippen molar-refractivity contribution in [2.24, 2.45) is 5.73 Å². The van der Waals surface area contributed by atoms with E-state index in [1.54, 1.807) is 0 Å². The Morgan fingerprint density at radius 2 is 2.15 bits per heavy atom. The van der Waals surface area contributed by atoms with Crippen molar-refractivity contribution in [3.05, 3.63) is 29.6 Å². The highest BCUT2D eigenvalue weighted by Crippen LogP contribution is 2.21. The number of nitrogens with one attached hydrogen (secondary N) is 2. The van der Waals surface area contributed by atoms with Gasteiger partial charge in [-0.2, -0.15) is 0 Å². The summed E-state index contributed by atoms with van der Waals surface area (Å²) in [5.74, 6) is -0.671. The molecule has 1 aromatic carbocycles. The second kappa shape index (κ2) is 7.44. The quantitative estimate of drug-likeness (QED) is 0.723. The molecule has 0 spiro atoms. The number of amides is 3. The Kier molecular flexibility index (Phi) is 5.92. The Bertz CT molecular complexity index is 494. The van der Waals surface area contributed by atoms with Crippen LogP contribution in [0.2, 0.25) is 0 Å². The highest BCUT2D eigenvalue weighted by molar-refractivity contribution is 5.95. The van der Waals surface area contributed by atoms with Crippen LogP contribution in [0.5, 0.6) is 5.75 Å². The summed E-state index contributed by atoms with van der Waals surface area (Å²) >= 11 is 0. The van der Waals surface area contributed by atoms with E-state index in [4.69, 9.17) is 10.5 Å². The topological polar surface area (TPSA) is 93.4 Å². The van der Waals surface area contributed by atoms with E-state index in [9.17, 15) is 14.0 Å². The summed E-state index contributed by atoms with van der Waals surface area (Å²) in [6.07, 6.45) is -0.923. The minimum Gasteiger partial charge on any atom is -0.481 e. The van der Waals surface area contributed by atoms with Crippen LogP contribution < -0.4 is 21.1 Å². The summed E-state index contributed by atoms with van der Waals surface area (Å²) < 4.78 is 18.7. The maximum atomic E-state index is 13.2. The van der Waals surface area contributed by atoms with Gasteiger partial charge in [0.15, 0.2) is 6.10 Å². The molecule has 0 bridgehead atoms. The van der Waals surface area contributed by atoms with Crippen molar-refractivity contribution in [1.29, 1.82) is 0 Å². The van der Waals surface area contributed by atoms with E-state index in [1.165, 1.54) is 25.1 Å². The molecule has 1 aromatic rings. The fourth-order valence-corrected chi connectivity index (χ4v) is 1.53. The smallest absolute Gasteiger partial charge is 0.318 e. The molecule has 0 aliphatic heterocycles. The van der Waals surface area contributed by atoms with Crippen LogP contribution in [0, 0.1) is 5.82 Å². The molecule has 20 heavy (non-hydrogen) atoms. The van der Waals surface area contributed by atoms with Gasteiger partial charge in [0.1, 0.15) is 11.6 Å². The van der Waals surface area contributed by atoms with Gasteiger partial charge in [-0.1, -0.05) is 6.92 Å². The van der Waals surface area contributed by atoms with Crippen molar-refractivity contribution in [3.63, 3.8) is 0 Å². The molecular formula is C13H18FN3O3. The SMILES string of the molecule is CCNCc1cc(F)ccc1OC(C)C(=O)NC(N)=O. The number of urea groups is 1. The predicted molar refractivity (Wildman–Crippen MR) is 71.6 cm³/mol. The molecule has 0 radical (unpaired) electrons. The van der Waals surface area contributed by atoms with E-state index in [0.29, 0.717) is 24.4 Å². The lowest BCUT2D eigenvalue weighted by Gasteiger charge is -2.16. The van der Waals surface area contributed by atoms with Crippen molar-refractivity contribution >= 4 is 11.9 Å². The Labute approximate surface area is 116 Å². The molecule has 1 unspecified atom stereocenters. The van der Waals surface area contributed by atoms with Crippen LogP contribution in [0.1, 0.15) is 19.4 Å². The third-order valence-corrected chi connectivity index (χ3v) is 2.51. The minimum atomic E-state index is -0.947. The fraction of sp³-hybridized carbons (Fsp3) is 0.385. The first-order valence-corrected chi connectivity index (χ1v) is 6.20. The summed E-state index contributed by atoms with van der Waals surface area (Å²) in [6, 6.07) is 3.06. The molecule has 0 heterocycles. The second-order valence-corrected chi connectivity index (χ2v) is 4.15. The average molecular weight is 283 g/mol. The molecule has 7 heteroatoms. The summed E-state index contributed by atoms with van der Waals surface area (Å²) in [5.41, 5.74) is 5.44. The molecule has 3 amide bonds. The monoisotopic (exact) mass is 283 g/mol. The summed E-state index contributed by atoms with van der Waals surface area (Å²) in [6.45, 7) is 4.52. The number of ether oxygens (including phenoxy) is 1. The maximum Gasteiger partial charge on any atom is 0.318 e. The van der Waals surface area contributed by atoms with Gasteiger partial charge in [-0.05, 0) is 31.7 Å². The highest BCUT2D eigenvalue weighted by atomic mass is 19.1. The largest absolute Gasteiger partial charge is 0.481 e. The van der Waals surface area contributed by atoms with Crippen LogP contribution in [0.25, 0.3) is 0 Å². The number of rotatable bonds is 6. The zero-order valence-electron chi connectivity index (χ0n) is 11.4. The maximum absolute atomic E-state index is 13.2. The molecule has 0 fully saturated rings. The van der Waals surface area contributed by atoms with Gasteiger partial charge in [-0.25, -0.2) is 9.18 Å². The van der Waals surface area contributed by atoms with Crippen molar-refractivity contribution in [2.75, 3.05) is 6.54 Å². The van der Waals surface area contributed by atoms with Crippen molar-refractivity contribution in [2.45, 2.75) is 26.5 Å². The lowest BCUT2D eigenvalue weighted by atomic mass is 10.2. The van der Waals surface area contributed by atoms with Crippen LogP contribution >= 0.6 is 0 Å². The molecule has 0 aliphatic carbocycles. The Hall–Kier alpha value is -2.15. The molecule has 0 aliphatic rings. The summed E-state index contributed by atoms with van der Waals surface area (Å²) in [4.78, 5) is 22.1. The van der Waals surface area contributed by atoms with Crippen LogP contribution in [0.3, 0.4) is 0 Å². The molecule has 0 saturated heterocycles. The number of carbonyl (C=O) groups excluding carboxylic acids is 2. The first-order valence-electron chi connectivity index (χ1n) is 6.20. The lowest BCUT2D eigenvalue weighted by Crippen LogP contribution is -2.42. The van der Waals surface area contributed by atoms with Crippen LogP contribution in [0.15, 0.2) is 18.2 Å². The minimum absolute atomic E-state index is 0.375. The van der Waals surface area contributed by atoms with E-state index in [2.05, 4.69) is 5.32 Å². The molecule has 110 valence electrons. The zero-order chi connectivity index (χ0) is 15.1. The van der Waals surface area contributed by atoms with Gasteiger partial charge in [0.05, 0.1) is 0 Å². The number of hydrogen-bond donors (Lipinski definition) is 3. The molecule has 4 N–H and O–H groups in total. The third kappa shape index (κ3) is 4.85. The standard InChI is InChI=1S/C13H18FN3O3/c1-3-16-7-9-6-10(14)4-5-11(9)20-8(2)12(18)17-13(15)19/h4-6,8,16H,3,7H2,1-2H3,(H3,15,17,18,19). The predicted octanol–water partition coefficient (Wildman–Crippen LogP) is 0.897. The van der Waals surface area contributed by atoms with E-state index in [1.807, 2.05) is 12.2 Å². The van der Waals surface area contributed by atoms with Crippen molar-refractivity contribution in [1.82, 2.24) is 10.6 Å². The lowest BCUT2D eigenvalue weighted by molar-refractivity contribution is -0.126. The van der Waals surface area contributed by atoms with Crippen LogP contribution in [-0.4, -0.2) is 24.6 Å². The van der Waals surface area contributed by atoms with E-state index < -0.39 is 18.0 Å². The average Bonchev–Trinajstić information content (AvgIpc) is 2.38. The summed E-state index contributed by atoms with van der Waals surface area (Å²) in [5, 5.41) is 4.97. The normalized spacial score (nSPS) is 11.8. The van der Waals surface area contributed by atoms with Gasteiger partial charge in [-0.3, -0.25) is 10.1 Å². The highest BCUT2D eigenvalue weighted by Gasteiger charge is 2.17. The van der Waals surface area contributed by atoms with Crippen molar-refractivity contribution in [3.8, 4) is 5.75 Å². The number of hydrogen-bond acceptors (Lipinski definition) is 4. The molecule has 1 rings (SSSR count). The van der Waals surface area contributed by atoms with Crippen LogP contribution in [-0.2, 0) is 11.3 Å². The molecule has 0 aromatic heterocycles. The molecular weight excluding hydrogens is 265 g/mol. The van der Waals surface area contributed by atoms with E-state index in [-0.39, 0.29) is 5.82 Å². The Balaban J connectivity index is 2.79. The first kappa shape index (κ1) is 15.9. The second-order valence-electron chi connectivity index (χ2n) is 4.15. The summed E-state index contributed by atoms with van der Waals surface area (Å²) in [7, 11) is 0. The zero-order valence-corrected chi connectivity index (χ0v) is 11.4. The number of halogens is 1.